The van der Waals surface area contributed by atoms with E-state index in [1.165, 1.54) is 0 Å². The Hall–Kier alpha value is -1.10. The maximum atomic E-state index is 11.8. The van der Waals surface area contributed by atoms with Gasteiger partial charge < -0.3 is 14.7 Å². The summed E-state index contributed by atoms with van der Waals surface area (Å²) in [6.07, 6.45) is 3.48. The molecule has 0 spiro atoms. The Morgan fingerprint density at radius 3 is 2.88 bits per heavy atom. The molecule has 2 heterocycles. The first-order valence-electron chi connectivity index (χ1n) is 5.80. The molecular weight excluding hydrogens is 210 g/mol. The van der Waals surface area contributed by atoms with Crippen molar-refractivity contribution >= 4 is 11.9 Å². The van der Waals surface area contributed by atoms with E-state index in [-0.39, 0.29) is 18.6 Å². The molecule has 0 saturated carbocycles. The summed E-state index contributed by atoms with van der Waals surface area (Å²) in [5, 5.41) is 9.05. The van der Waals surface area contributed by atoms with Gasteiger partial charge in [-0.1, -0.05) is 6.42 Å². The second-order valence-electron chi connectivity index (χ2n) is 4.45. The highest BCUT2D eigenvalue weighted by Gasteiger charge is 2.39. The van der Waals surface area contributed by atoms with E-state index >= 15 is 0 Å². The van der Waals surface area contributed by atoms with E-state index in [4.69, 9.17) is 9.84 Å². The molecule has 1 amide bonds. The summed E-state index contributed by atoms with van der Waals surface area (Å²) in [5.74, 6) is -1.33. The Morgan fingerprint density at radius 1 is 1.31 bits per heavy atom. The molecule has 2 unspecified atom stereocenters. The third-order valence-corrected chi connectivity index (χ3v) is 3.38. The SMILES string of the molecule is O=C(O)C1COCC1N1CCCCCC1=O. The second kappa shape index (κ2) is 4.82. The third-order valence-electron chi connectivity index (χ3n) is 3.38. The fraction of sp³-hybridized carbons (Fsp3) is 0.818. The number of aliphatic carboxylic acids is 1. The average molecular weight is 227 g/mol. The smallest absolute Gasteiger partial charge is 0.311 e. The van der Waals surface area contributed by atoms with Crippen LogP contribution in [0.25, 0.3) is 0 Å². The topological polar surface area (TPSA) is 66.8 Å². The van der Waals surface area contributed by atoms with Crippen LogP contribution in [0, 0.1) is 5.92 Å². The van der Waals surface area contributed by atoms with Crippen LogP contribution in [-0.2, 0) is 14.3 Å². The van der Waals surface area contributed by atoms with Gasteiger partial charge in [-0.05, 0) is 12.8 Å². The van der Waals surface area contributed by atoms with Crippen molar-refractivity contribution in [3.8, 4) is 0 Å². The van der Waals surface area contributed by atoms with Crippen molar-refractivity contribution in [2.24, 2.45) is 5.92 Å². The lowest BCUT2D eigenvalue weighted by atomic mass is 10.0. The summed E-state index contributed by atoms with van der Waals surface area (Å²) in [7, 11) is 0. The number of carbonyl (C=O) groups excluding carboxylic acids is 1. The van der Waals surface area contributed by atoms with Crippen molar-refractivity contribution in [2.75, 3.05) is 19.8 Å². The Bertz CT molecular complexity index is 292. The fourth-order valence-electron chi connectivity index (χ4n) is 2.44. The van der Waals surface area contributed by atoms with Crippen LogP contribution >= 0.6 is 0 Å². The number of hydrogen-bond acceptors (Lipinski definition) is 3. The minimum atomic E-state index is -0.862. The summed E-state index contributed by atoms with van der Waals surface area (Å²) >= 11 is 0. The highest BCUT2D eigenvalue weighted by Crippen LogP contribution is 2.23. The van der Waals surface area contributed by atoms with E-state index in [1.54, 1.807) is 4.90 Å². The fourth-order valence-corrected chi connectivity index (χ4v) is 2.44. The number of hydrogen-bond donors (Lipinski definition) is 1. The molecule has 5 nitrogen and oxygen atoms in total. The van der Waals surface area contributed by atoms with Crippen LogP contribution in [-0.4, -0.2) is 47.7 Å². The maximum absolute atomic E-state index is 11.8. The highest BCUT2D eigenvalue weighted by molar-refractivity contribution is 5.78. The van der Waals surface area contributed by atoms with Gasteiger partial charge in [0.15, 0.2) is 0 Å². The third kappa shape index (κ3) is 2.19. The van der Waals surface area contributed by atoms with Gasteiger partial charge in [-0.15, -0.1) is 0 Å². The number of amides is 1. The molecule has 2 fully saturated rings. The molecule has 0 aliphatic carbocycles. The number of likely N-dealkylation sites (tertiary alicyclic amines) is 1. The number of nitrogens with zero attached hydrogens (tertiary/aromatic N) is 1. The molecule has 2 aliphatic heterocycles. The molecule has 2 rings (SSSR count). The Kier molecular flexibility index (Phi) is 3.43. The standard InChI is InChI=1S/C11H17NO4/c13-10-4-2-1-3-5-12(10)9-7-16-6-8(9)11(14)15/h8-9H,1-7H2,(H,14,15). The first kappa shape index (κ1) is 11.4. The molecule has 0 aromatic rings. The Labute approximate surface area is 94.4 Å². The van der Waals surface area contributed by atoms with Crippen molar-refractivity contribution in [1.29, 1.82) is 0 Å². The monoisotopic (exact) mass is 227 g/mol. The number of carboxylic acids is 1. The Morgan fingerprint density at radius 2 is 2.12 bits per heavy atom. The van der Waals surface area contributed by atoms with Gasteiger partial charge in [0.1, 0.15) is 5.92 Å². The largest absolute Gasteiger partial charge is 0.481 e. The molecule has 0 bridgehead atoms. The van der Waals surface area contributed by atoms with Gasteiger partial charge >= 0.3 is 5.97 Å². The number of ether oxygens (including phenoxy) is 1. The quantitative estimate of drug-likeness (QED) is 0.745. The molecule has 2 aliphatic rings. The summed E-state index contributed by atoms with van der Waals surface area (Å²) in [5.41, 5.74) is 0. The van der Waals surface area contributed by atoms with Gasteiger partial charge in [-0.3, -0.25) is 9.59 Å². The molecule has 90 valence electrons. The Balaban J connectivity index is 2.09. The van der Waals surface area contributed by atoms with Gasteiger partial charge in [0.05, 0.1) is 19.3 Å². The number of carboxylic acid groups (broad SMARTS) is 1. The normalized spacial score (nSPS) is 31.5. The van der Waals surface area contributed by atoms with E-state index in [2.05, 4.69) is 0 Å². The summed E-state index contributed by atoms with van der Waals surface area (Å²) in [4.78, 5) is 24.6. The zero-order valence-electron chi connectivity index (χ0n) is 9.22. The van der Waals surface area contributed by atoms with Crippen LogP contribution in [0.2, 0.25) is 0 Å². The minimum absolute atomic E-state index is 0.0826. The lowest BCUT2D eigenvalue weighted by Gasteiger charge is -2.29. The lowest BCUT2D eigenvalue weighted by molar-refractivity contribution is -0.144. The molecule has 16 heavy (non-hydrogen) atoms. The van der Waals surface area contributed by atoms with Crippen molar-refractivity contribution in [3.05, 3.63) is 0 Å². The molecule has 1 N–H and O–H groups in total. The van der Waals surface area contributed by atoms with Crippen LogP contribution in [0.3, 0.4) is 0 Å². The van der Waals surface area contributed by atoms with Gasteiger partial charge in [0.2, 0.25) is 5.91 Å². The maximum Gasteiger partial charge on any atom is 0.311 e. The first-order valence-corrected chi connectivity index (χ1v) is 5.80. The molecule has 0 radical (unpaired) electrons. The zero-order valence-corrected chi connectivity index (χ0v) is 9.22. The summed E-state index contributed by atoms with van der Waals surface area (Å²) < 4.78 is 5.20. The van der Waals surface area contributed by atoms with Crippen LogP contribution in [0.5, 0.6) is 0 Å². The van der Waals surface area contributed by atoms with E-state index in [9.17, 15) is 9.59 Å². The second-order valence-corrected chi connectivity index (χ2v) is 4.45. The van der Waals surface area contributed by atoms with Crippen molar-refractivity contribution < 1.29 is 19.4 Å². The van der Waals surface area contributed by atoms with E-state index in [0.29, 0.717) is 19.6 Å². The summed E-state index contributed by atoms with van der Waals surface area (Å²) in [6.45, 7) is 1.27. The highest BCUT2D eigenvalue weighted by atomic mass is 16.5. The first-order chi connectivity index (χ1) is 7.70. The van der Waals surface area contributed by atoms with Crippen LogP contribution in [0.4, 0.5) is 0 Å². The van der Waals surface area contributed by atoms with Crippen molar-refractivity contribution in [3.63, 3.8) is 0 Å². The van der Waals surface area contributed by atoms with Crippen molar-refractivity contribution in [2.45, 2.75) is 31.7 Å². The molecule has 2 saturated heterocycles. The van der Waals surface area contributed by atoms with Gasteiger partial charge in [0, 0.05) is 13.0 Å². The van der Waals surface area contributed by atoms with E-state index in [0.717, 1.165) is 19.3 Å². The van der Waals surface area contributed by atoms with Crippen molar-refractivity contribution in [1.82, 2.24) is 4.90 Å². The summed E-state index contributed by atoms with van der Waals surface area (Å²) in [6, 6.07) is -0.261. The van der Waals surface area contributed by atoms with Crippen LogP contribution in [0.1, 0.15) is 25.7 Å². The van der Waals surface area contributed by atoms with Gasteiger partial charge in [-0.25, -0.2) is 0 Å². The predicted octanol–water partition coefficient (Wildman–Crippen LogP) is 0.489. The van der Waals surface area contributed by atoms with E-state index < -0.39 is 11.9 Å². The zero-order chi connectivity index (χ0) is 11.5. The predicted molar refractivity (Wildman–Crippen MR) is 55.9 cm³/mol. The molecular formula is C11H17NO4. The molecule has 2 atom stereocenters. The number of carbonyl (C=O) groups is 2. The number of rotatable bonds is 2. The van der Waals surface area contributed by atoms with Crippen LogP contribution < -0.4 is 0 Å². The lowest BCUT2D eigenvalue weighted by Crippen LogP contribution is -2.46. The minimum Gasteiger partial charge on any atom is -0.481 e. The molecule has 0 aromatic heterocycles. The molecule has 0 aromatic carbocycles. The molecule has 5 heteroatoms. The van der Waals surface area contributed by atoms with E-state index in [1.807, 2.05) is 0 Å². The van der Waals surface area contributed by atoms with Gasteiger partial charge in [0.25, 0.3) is 0 Å². The van der Waals surface area contributed by atoms with Gasteiger partial charge in [-0.2, -0.15) is 0 Å². The van der Waals surface area contributed by atoms with Crippen LogP contribution in [0.15, 0.2) is 0 Å². The average Bonchev–Trinajstić information content (AvgIpc) is 2.63.